The zero-order valence-electron chi connectivity index (χ0n) is 11.7. The molecule has 0 saturated carbocycles. The number of rotatable bonds is 5. The van der Waals surface area contributed by atoms with Gasteiger partial charge in [0, 0.05) is 11.1 Å². The van der Waals surface area contributed by atoms with E-state index in [2.05, 4.69) is 18.1 Å². The Bertz CT molecular complexity index is 561. The van der Waals surface area contributed by atoms with Crippen molar-refractivity contribution in [3.8, 4) is 17.1 Å². The minimum absolute atomic E-state index is 0.589. The molecule has 0 atom stereocenters. The summed E-state index contributed by atoms with van der Waals surface area (Å²) >= 11 is 0. The van der Waals surface area contributed by atoms with Crippen molar-refractivity contribution in [1.29, 1.82) is 0 Å². The van der Waals surface area contributed by atoms with Gasteiger partial charge in [0.25, 0.3) is 0 Å². The summed E-state index contributed by atoms with van der Waals surface area (Å²) in [6.45, 7) is 4.64. The van der Waals surface area contributed by atoms with Crippen molar-refractivity contribution in [2.75, 3.05) is 13.7 Å². The molecule has 2 rings (SSSR count). The molecule has 0 aliphatic heterocycles. The molecule has 0 radical (unpaired) electrons. The Balaban J connectivity index is 2.47. The van der Waals surface area contributed by atoms with E-state index in [0.717, 1.165) is 46.7 Å². The number of ether oxygens (including phenoxy) is 1. The van der Waals surface area contributed by atoms with E-state index in [-0.39, 0.29) is 0 Å². The molecule has 102 valence electrons. The third-order valence-electron chi connectivity index (χ3n) is 3.30. The first-order chi connectivity index (χ1) is 9.21. The molecule has 0 spiro atoms. The van der Waals surface area contributed by atoms with Crippen molar-refractivity contribution in [3.05, 3.63) is 35.0 Å². The van der Waals surface area contributed by atoms with Crippen LogP contribution in [0.25, 0.3) is 11.3 Å². The summed E-state index contributed by atoms with van der Waals surface area (Å²) in [5.74, 6) is 1.73. The lowest BCUT2D eigenvalue weighted by Gasteiger charge is -2.08. The van der Waals surface area contributed by atoms with Crippen LogP contribution in [0.15, 0.2) is 22.7 Å². The maximum atomic E-state index is 5.65. The average Bonchev–Trinajstić information content (AvgIpc) is 2.80. The summed E-state index contributed by atoms with van der Waals surface area (Å²) < 4.78 is 10.8. The quantitative estimate of drug-likeness (QED) is 0.898. The Labute approximate surface area is 113 Å². The van der Waals surface area contributed by atoms with Gasteiger partial charge in [0.15, 0.2) is 5.76 Å². The molecule has 0 amide bonds. The van der Waals surface area contributed by atoms with E-state index < -0.39 is 0 Å². The lowest BCUT2D eigenvalue weighted by Crippen LogP contribution is -2.04. The lowest BCUT2D eigenvalue weighted by molar-refractivity contribution is 0.409. The Morgan fingerprint density at radius 3 is 2.79 bits per heavy atom. The molecular formula is C15H20N2O2. The van der Waals surface area contributed by atoms with Gasteiger partial charge in [-0.05, 0) is 50.1 Å². The zero-order valence-corrected chi connectivity index (χ0v) is 11.7. The number of nitrogens with two attached hydrogens (primary N) is 1. The third kappa shape index (κ3) is 2.63. The van der Waals surface area contributed by atoms with Crippen molar-refractivity contribution in [1.82, 2.24) is 5.16 Å². The zero-order chi connectivity index (χ0) is 13.8. The van der Waals surface area contributed by atoms with Crippen LogP contribution in [0, 0.1) is 6.92 Å². The second-order valence-electron chi connectivity index (χ2n) is 4.49. The van der Waals surface area contributed by atoms with E-state index >= 15 is 0 Å². The van der Waals surface area contributed by atoms with Crippen LogP contribution < -0.4 is 10.5 Å². The maximum absolute atomic E-state index is 5.65. The summed E-state index contributed by atoms with van der Waals surface area (Å²) in [6, 6.07) is 6.06. The van der Waals surface area contributed by atoms with Crippen molar-refractivity contribution in [2.45, 2.75) is 26.7 Å². The van der Waals surface area contributed by atoms with Gasteiger partial charge in [0.2, 0.25) is 0 Å². The van der Waals surface area contributed by atoms with Gasteiger partial charge in [-0.2, -0.15) is 0 Å². The second kappa shape index (κ2) is 5.89. The minimum Gasteiger partial charge on any atom is -0.496 e. The largest absolute Gasteiger partial charge is 0.496 e. The lowest BCUT2D eigenvalue weighted by atomic mass is 10.0. The van der Waals surface area contributed by atoms with Gasteiger partial charge in [-0.15, -0.1) is 0 Å². The fourth-order valence-electron chi connectivity index (χ4n) is 2.25. The van der Waals surface area contributed by atoms with E-state index in [1.54, 1.807) is 7.11 Å². The SMILES string of the molecule is CCc1cc(-c2onc(C)c2CCN)ccc1OC. The number of hydrogen-bond acceptors (Lipinski definition) is 4. The number of aryl methyl sites for hydroxylation is 2. The van der Waals surface area contributed by atoms with E-state index in [1.165, 1.54) is 0 Å². The molecule has 0 aliphatic rings. The Hall–Kier alpha value is -1.81. The van der Waals surface area contributed by atoms with Gasteiger partial charge in [-0.3, -0.25) is 0 Å². The predicted octanol–water partition coefficient (Wildman–Crippen LogP) is 2.72. The number of methoxy groups -OCH3 is 1. The molecule has 4 nitrogen and oxygen atoms in total. The standard InChI is InChI=1S/C15H20N2O2/c1-4-11-9-12(5-6-14(11)18-3)15-13(7-8-16)10(2)17-19-15/h5-6,9H,4,7-8,16H2,1-3H3. The van der Waals surface area contributed by atoms with Gasteiger partial charge in [-0.1, -0.05) is 12.1 Å². The van der Waals surface area contributed by atoms with Crippen LogP contribution >= 0.6 is 0 Å². The van der Waals surface area contributed by atoms with Gasteiger partial charge in [-0.25, -0.2) is 0 Å². The normalized spacial score (nSPS) is 10.7. The van der Waals surface area contributed by atoms with Gasteiger partial charge in [0.1, 0.15) is 5.75 Å². The smallest absolute Gasteiger partial charge is 0.170 e. The average molecular weight is 260 g/mol. The number of hydrogen-bond donors (Lipinski definition) is 1. The fourth-order valence-corrected chi connectivity index (χ4v) is 2.25. The van der Waals surface area contributed by atoms with Crippen LogP contribution in [-0.2, 0) is 12.8 Å². The van der Waals surface area contributed by atoms with Crippen molar-refractivity contribution < 1.29 is 9.26 Å². The molecule has 2 N–H and O–H groups in total. The van der Waals surface area contributed by atoms with Crippen LogP contribution in [0.5, 0.6) is 5.75 Å². The molecule has 2 aromatic rings. The molecule has 1 heterocycles. The minimum atomic E-state index is 0.589. The molecule has 0 bridgehead atoms. The molecule has 1 aromatic carbocycles. The highest BCUT2D eigenvalue weighted by molar-refractivity contribution is 5.64. The van der Waals surface area contributed by atoms with Crippen molar-refractivity contribution in [2.24, 2.45) is 5.73 Å². The fraction of sp³-hybridized carbons (Fsp3) is 0.400. The van der Waals surface area contributed by atoms with E-state index in [9.17, 15) is 0 Å². The van der Waals surface area contributed by atoms with E-state index in [1.807, 2.05) is 19.1 Å². The second-order valence-corrected chi connectivity index (χ2v) is 4.49. The summed E-state index contributed by atoms with van der Waals surface area (Å²) in [5.41, 5.74) is 9.84. The molecule has 0 fully saturated rings. The Kier molecular flexibility index (Phi) is 4.22. The van der Waals surface area contributed by atoms with Gasteiger partial charge >= 0.3 is 0 Å². The monoisotopic (exact) mass is 260 g/mol. The Morgan fingerprint density at radius 2 is 2.16 bits per heavy atom. The Morgan fingerprint density at radius 1 is 1.37 bits per heavy atom. The number of benzene rings is 1. The summed E-state index contributed by atoms with van der Waals surface area (Å²) in [5, 5.41) is 4.05. The molecule has 1 aromatic heterocycles. The maximum Gasteiger partial charge on any atom is 0.170 e. The highest BCUT2D eigenvalue weighted by Gasteiger charge is 2.15. The van der Waals surface area contributed by atoms with Crippen molar-refractivity contribution >= 4 is 0 Å². The van der Waals surface area contributed by atoms with Crippen LogP contribution in [0.3, 0.4) is 0 Å². The van der Waals surface area contributed by atoms with Gasteiger partial charge < -0.3 is 15.0 Å². The first-order valence-corrected chi connectivity index (χ1v) is 6.53. The summed E-state index contributed by atoms with van der Waals surface area (Å²) in [4.78, 5) is 0. The first kappa shape index (κ1) is 13.6. The highest BCUT2D eigenvalue weighted by Crippen LogP contribution is 2.30. The third-order valence-corrected chi connectivity index (χ3v) is 3.30. The van der Waals surface area contributed by atoms with Gasteiger partial charge in [0.05, 0.1) is 12.8 Å². The summed E-state index contributed by atoms with van der Waals surface area (Å²) in [6.07, 6.45) is 1.69. The van der Waals surface area contributed by atoms with Crippen molar-refractivity contribution in [3.63, 3.8) is 0 Å². The molecule has 19 heavy (non-hydrogen) atoms. The topological polar surface area (TPSA) is 61.3 Å². The summed E-state index contributed by atoms with van der Waals surface area (Å²) in [7, 11) is 1.69. The van der Waals surface area contributed by atoms with Crippen LogP contribution in [0.2, 0.25) is 0 Å². The number of aromatic nitrogens is 1. The molecular weight excluding hydrogens is 240 g/mol. The van der Waals surface area contributed by atoms with E-state index in [4.69, 9.17) is 15.0 Å². The predicted molar refractivity (Wildman–Crippen MR) is 75.4 cm³/mol. The van der Waals surface area contributed by atoms with Crippen LogP contribution in [0.4, 0.5) is 0 Å². The molecule has 0 aliphatic carbocycles. The first-order valence-electron chi connectivity index (χ1n) is 6.53. The molecule has 0 unspecified atom stereocenters. The highest BCUT2D eigenvalue weighted by atomic mass is 16.5. The van der Waals surface area contributed by atoms with Crippen LogP contribution in [0.1, 0.15) is 23.7 Å². The molecule has 0 saturated heterocycles. The van der Waals surface area contributed by atoms with Crippen LogP contribution in [-0.4, -0.2) is 18.8 Å². The number of nitrogens with zero attached hydrogens (tertiary/aromatic N) is 1. The van der Waals surface area contributed by atoms with E-state index in [0.29, 0.717) is 6.54 Å². The molecule has 4 heteroatoms.